The molecule has 0 aromatic carbocycles. The van der Waals surface area contributed by atoms with Gasteiger partial charge in [0.2, 0.25) is 11.9 Å². The molecule has 1 atom stereocenters. The van der Waals surface area contributed by atoms with Crippen LogP contribution in [0.1, 0.15) is 52.9 Å². The number of aromatic nitrogens is 3. The summed E-state index contributed by atoms with van der Waals surface area (Å²) in [4.78, 5) is 24.3. The molecule has 0 spiro atoms. The number of nitrogens with two attached hydrogens (primary N) is 1. The summed E-state index contributed by atoms with van der Waals surface area (Å²) < 4.78 is 0. The fraction of sp³-hybridized carbons (Fsp3) is 0.556. The first-order chi connectivity index (χ1) is 11.9. The summed E-state index contributed by atoms with van der Waals surface area (Å²) in [6.45, 7) is 6.31. The number of carbonyl (C=O) groups excluding carboxylic acids is 1. The first-order valence-corrected chi connectivity index (χ1v) is 8.84. The summed E-state index contributed by atoms with van der Waals surface area (Å²) in [6.07, 6.45) is 7.25. The van der Waals surface area contributed by atoms with Gasteiger partial charge in [0, 0.05) is 19.7 Å². The summed E-state index contributed by atoms with van der Waals surface area (Å²) in [5, 5.41) is 6.38. The van der Waals surface area contributed by atoms with Crippen LogP contribution in [0.5, 0.6) is 0 Å². The third-order valence-corrected chi connectivity index (χ3v) is 4.20. The standard InChI is InChI=1S/C18H28N6O/c1-4-5-6-7-10-18(3,12-21-13(2)25)24-16-15-14(9-8-11-20-15)22-17(19)23-16/h8-9,11H,4-7,10,12H2,1-3H3,(H,21,25)(H3,19,22,23,24). The van der Waals surface area contributed by atoms with Gasteiger partial charge >= 0.3 is 0 Å². The van der Waals surface area contributed by atoms with E-state index < -0.39 is 0 Å². The second kappa shape index (κ2) is 8.60. The SMILES string of the molecule is CCCCCCC(C)(CNC(C)=O)Nc1nc(N)nc2cccnc12. The zero-order valence-corrected chi connectivity index (χ0v) is 15.3. The Labute approximate surface area is 148 Å². The molecule has 2 aromatic heterocycles. The molecular formula is C18H28N6O. The Bertz CT molecular complexity index is 720. The van der Waals surface area contributed by atoms with Crippen molar-refractivity contribution in [2.24, 2.45) is 0 Å². The Morgan fingerprint density at radius 2 is 2.08 bits per heavy atom. The minimum absolute atomic E-state index is 0.0493. The van der Waals surface area contributed by atoms with Crippen LogP contribution in [0.3, 0.4) is 0 Å². The minimum Gasteiger partial charge on any atom is -0.368 e. The number of pyridine rings is 1. The van der Waals surface area contributed by atoms with Crippen molar-refractivity contribution in [3.05, 3.63) is 18.3 Å². The lowest BCUT2D eigenvalue weighted by Crippen LogP contribution is -2.46. The van der Waals surface area contributed by atoms with Gasteiger partial charge in [-0.05, 0) is 25.5 Å². The maximum absolute atomic E-state index is 11.4. The molecule has 0 bridgehead atoms. The van der Waals surface area contributed by atoms with Gasteiger partial charge in [0.25, 0.3) is 0 Å². The zero-order valence-electron chi connectivity index (χ0n) is 15.3. The number of hydrogen-bond donors (Lipinski definition) is 3. The smallest absolute Gasteiger partial charge is 0.222 e. The van der Waals surface area contributed by atoms with Crippen LogP contribution in [-0.4, -0.2) is 32.9 Å². The Kier molecular flexibility index (Phi) is 6.50. The van der Waals surface area contributed by atoms with Crippen molar-refractivity contribution in [2.45, 2.75) is 58.4 Å². The van der Waals surface area contributed by atoms with E-state index in [1.807, 2.05) is 12.1 Å². The van der Waals surface area contributed by atoms with Crippen LogP contribution in [0.25, 0.3) is 11.0 Å². The highest BCUT2D eigenvalue weighted by Gasteiger charge is 2.26. The van der Waals surface area contributed by atoms with E-state index in [1.165, 1.54) is 26.2 Å². The summed E-state index contributed by atoms with van der Waals surface area (Å²) in [5.41, 5.74) is 6.88. The molecule has 4 N–H and O–H groups in total. The van der Waals surface area contributed by atoms with Crippen molar-refractivity contribution in [3.63, 3.8) is 0 Å². The Hall–Kier alpha value is -2.44. The highest BCUT2D eigenvalue weighted by Crippen LogP contribution is 2.25. The molecular weight excluding hydrogens is 316 g/mol. The number of unbranched alkanes of at least 4 members (excludes halogenated alkanes) is 3. The maximum atomic E-state index is 11.4. The van der Waals surface area contributed by atoms with Gasteiger partial charge in [0.15, 0.2) is 5.82 Å². The van der Waals surface area contributed by atoms with Gasteiger partial charge in [-0.25, -0.2) is 4.98 Å². The molecule has 0 fully saturated rings. The Morgan fingerprint density at radius 1 is 1.28 bits per heavy atom. The highest BCUT2D eigenvalue weighted by molar-refractivity contribution is 5.86. The topological polar surface area (TPSA) is 106 Å². The van der Waals surface area contributed by atoms with E-state index in [2.05, 4.69) is 39.4 Å². The molecule has 136 valence electrons. The third kappa shape index (κ3) is 5.55. The highest BCUT2D eigenvalue weighted by atomic mass is 16.1. The van der Waals surface area contributed by atoms with E-state index in [1.54, 1.807) is 6.20 Å². The molecule has 0 saturated carbocycles. The van der Waals surface area contributed by atoms with Gasteiger partial charge in [-0.15, -0.1) is 0 Å². The fourth-order valence-electron chi connectivity index (χ4n) is 2.81. The monoisotopic (exact) mass is 344 g/mol. The molecule has 7 heteroatoms. The van der Waals surface area contributed by atoms with Gasteiger partial charge in [0.05, 0.1) is 11.1 Å². The number of nitrogens with one attached hydrogen (secondary N) is 2. The summed E-state index contributed by atoms with van der Waals surface area (Å²) >= 11 is 0. The number of nitrogen functional groups attached to an aromatic ring is 1. The van der Waals surface area contributed by atoms with Gasteiger partial charge in [-0.1, -0.05) is 32.6 Å². The van der Waals surface area contributed by atoms with Crippen molar-refractivity contribution in [3.8, 4) is 0 Å². The van der Waals surface area contributed by atoms with Gasteiger partial charge < -0.3 is 16.4 Å². The average Bonchev–Trinajstić information content (AvgIpc) is 2.57. The van der Waals surface area contributed by atoms with Gasteiger partial charge in [-0.2, -0.15) is 4.98 Å². The fourth-order valence-corrected chi connectivity index (χ4v) is 2.81. The molecule has 0 radical (unpaired) electrons. The number of rotatable bonds is 9. The van der Waals surface area contributed by atoms with Crippen molar-refractivity contribution in [2.75, 3.05) is 17.6 Å². The second-order valence-electron chi connectivity index (χ2n) is 6.71. The van der Waals surface area contributed by atoms with E-state index >= 15 is 0 Å². The van der Waals surface area contributed by atoms with Gasteiger partial charge in [0.1, 0.15) is 5.52 Å². The predicted molar refractivity (Wildman–Crippen MR) is 101 cm³/mol. The van der Waals surface area contributed by atoms with Crippen LogP contribution >= 0.6 is 0 Å². The first-order valence-electron chi connectivity index (χ1n) is 8.84. The van der Waals surface area contributed by atoms with Crippen LogP contribution in [0.2, 0.25) is 0 Å². The number of anilines is 2. The van der Waals surface area contributed by atoms with Crippen molar-refractivity contribution in [1.29, 1.82) is 0 Å². The van der Waals surface area contributed by atoms with Gasteiger partial charge in [-0.3, -0.25) is 9.78 Å². The molecule has 2 aromatic rings. The predicted octanol–water partition coefficient (Wildman–Crippen LogP) is 2.88. The van der Waals surface area contributed by atoms with Crippen LogP contribution < -0.4 is 16.4 Å². The largest absolute Gasteiger partial charge is 0.368 e. The van der Waals surface area contributed by atoms with Crippen molar-refractivity contribution < 1.29 is 4.79 Å². The lowest BCUT2D eigenvalue weighted by molar-refractivity contribution is -0.119. The molecule has 1 unspecified atom stereocenters. The first kappa shape index (κ1) is 18.9. The van der Waals surface area contributed by atoms with Crippen LogP contribution in [0, 0.1) is 0 Å². The summed E-state index contributed by atoms with van der Waals surface area (Å²) in [7, 11) is 0. The third-order valence-electron chi connectivity index (χ3n) is 4.20. The molecule has 0 aliphatic carbocycles. The normalized spacial score (nSPS) is 13.4. The summed E-state index contributed by atoms with van der Waals surface area (Å²) in [5.74, 6) is 0.758. The Balaban J connectivity index is 2.24. The quantitative estimate of drug-likeness (QED) is 0.604. The van der Waals surface area contributed by atoms with E-state index in [0.29, 0.717) is 23.4 Å². The second-order valence-corrected chi connectivity index (χ2v) is 6.71. The summed E-state index contributed by atoms with van der Waals surface area (Å²) in [6, 6.07) is 3.68. The van der Waals surface area contributed by atoms with Crippen molar-refractivity contribution in [1.82, 2.24) is 20.3 Å². The Morgan fingerprint density at radius 3 is 2.80 bits per heavy atom. The molecule has 2 rings (SSSR count). The molecule has 0 aliphatic rings. The lowest BCUT2D eigenvalue weighted by atomic mass is 9.93. The number of hydrogen-bond acceptors (Lipinski definition) is 6. The van der Waals surface area contributed by atoms with Crippen LogP contribution in [-0.2, 0) is 4.79 Å². The molecule has 7 nitrogen and oxygen atoms in total. The van der Waals surface area contributed by atoms with Crippen molar-refractivity contribution >= 4 is 28.7 Å². The van der Waals surface area contributed by atoms with E-state index in [0.717, 1.165) is 12.8 Å². The maximum Gasteiger partial charge on any atom is 0.222 e. The molecule has 0 aliphatic heterocycles. The van der Waals surface area contributed by atoms with Crippen LogP contribution in [0.4, 0.5) is 11.8 Å². The average molecular weight is 344 g/mol. The van der Waals surface area contributed by atoms with E-state index in [4.69, 9.17) is 5.73 Å². The molecule has 25 heavy (non-hydrogen) atoms. The molecule has 1 amide bonds. The number of amides is 1. The van der Waals surface area contributed by atoms with E-state index in [9.17, 15) is 4.79 Å². The number of fused-ring (bicyclic) bond motifs is 1. The number of nitrogens with zero attached hydrogens (tertiary/aromatic N) is 3. The van der Waals surface area contributed by atoms with E-state index in [-0.39, 0.29) is 17.4 Å². The molecule has 2 heterocycles. The molecule has 0 saturated heterocycles. The van der Waals surface area contributed by atoms with Crippen LogP contribution in [0.15, 0.2) is 18.3 Å². The minimum atomic E-state index is -0.343. The number of carbonyl (C=O) groups is 1. The zero-order chi connectivity index (χ0) is 18.3. The lowest BCUT2D eigenvalue weighted by Gasteiger charge is -2.32.